The van der Waals surface area contributed by atoms with Gasteiger partial charge in [0.15, 0.2) is 5.78 Å². The Balaban J connectivity index is 2.94. The van der Waals surface area contributed by atoms with Crippen LogP contribution in [0.25, 0.3) is 0 Å². The van der Waals surface area contributed by atoms with Gasteiger partial charge in [-0.1, -0.05) is 6.07 Å². The summed E-state index contributed by atoms with van der Waals surface area (Å²) < 4.78 is 5.11. The maximum Gasteiger partial charge on any atom is 0.326 e. The van der Waals surface area contributed by atoms with Gasteiger partial charge in [-0.2, -0.15) is 0 Å². The van der Waals surface area contributed by atoms with E-state index >= 15 is 0 Å². The minimum Gasteiger partial charge on any atom is -0.496 e. The Labute approximate surface area is 116 Å². The zero-order valence-corrected chi connectivity index (χ0v) is 11.6. The first-order chi connectivity index (χ1) is 9.35. The molecule has 0 saturated carbocycles. The Kier molecular flexibility index (Phi) is 5.25. The van der Waals surface area contributed by atoms with Crippen LogP contribution in [-0.2, 0) is 9.59 Å². The first kappa shape index (κ1) is 15.7. The van der Waals surface area contributed by atoms with Crippen molar-refractivity contribution in [1.29, 1.82) is 0 Å². The number of amides is 1. The third kappa shape index (κ3) is 4.08. The van der Waals surface area contributed by atoms with E-state index < -0.39 is 23.7 Å². The van der Waals surface area contributed by atoms with Crippen molar-refractivity contribution >= 4 is 17.7 Å². The molecular weight excluding hydrogens is 262 g/mol. The molecular formula is C14H17NO5. The molecule has 1 rings (SSSR count). The van der Waals surface area contributed by atoms with E-state index in [0.29, 0.717) is 11.3 Å². The molecule has 0 saturated heterocycles. The van der Waals surface area contributed by atoms with Gasteiger partial charge in [0.25, 0.3) is 0 Å². The molecule has 0 aromatic heterocycles. The van der Waals surface area contributed by atoms with E-state index in [-0.39, 0.29) is 6.42 Å². The monoisotopic (exact) mass is 279 g/mol. The summed E-state index contributed by atoms with van der Waals surface area (Å²) in [5, 5.41) is 11.2. The summed E-state index contributed by atoms with van der Waals surface area (Å²) in [6.45, 7) is 3.06. The van der Waals surface area contributed by atoms with Crippen molar-refractivity contribution in [3.8, 4) is 5.75 Å². The Morgan fingerprint density at radius 3 is 2.50 bits per heavy atom. The fraction of sp³-hybridized carbons (Fsp3) is 0.357. The number of ether oxygens (including phenoxy) is 1. The molecule has 0 spiro atoms. The minimum atomic E-state index is -1.25. The van der Waals surface area contributed by atoms with Crippen LogP contribution in [0.4, 0.5) is 0 Å². The van der Waals surface area contributed by atoms with Gasteiger partial charge >= 0.3 is 5.97 Å². The average molecular weight is 279 g/mol. The lowest BCUT2D eigenvalue weighted by Gasteiger charge is -2.14. The highest BCUT2D eigenvalue weighted by Gasteiger charge is 2.24. The predicted molar refractivity (Wildman–Crippen MR) is 71.9 cm³/mol. The van der Waals surface area contributed by atoms with Crippen molar-refractivity contribution in [3.05, 3.63) is 29.3 Å². The van der Waals surface area contributed by atoms with Crippen LogP contribution in [0.5, 0.6) is 5.75 Å². The SMILES string of the molecule is COc1cc(C)ccc1C(=O)CC(NC(C)=O)C(=O)O. The molecule has 1 aromatic carbocycles. The Morgan fingerprint density at radius 2 is 2.00 bits per heavy atom. The topological polar surface area (TPSA) is 92.7 Å². The molecule has 20 heavy (non-hydrogen) atoms. The van der Waals surface area contributed by atoms with Gasteiger partial charge in [-0.05, 0) is 24.6 Å². The zero-order chi connectivity index (χ0) is 15.3. The van der Waals surface area contributed by atoms with Crippen LogP contribution in [0.2, 0.25) is 0 Å². The molecule has 0 radical (unpaired) electrons. The maximum atomic E-state index is 12.1. The van der Waals surface area contributed by atoms with E-state index in [0.717, 1.165) is 5.56 Å². The highest BCUT2D eigenvalue weighted by atomic mass is 16.5. The number of carbonyl (C=O) groups is 3. The number of methoxy groups -OCH3 is 1. The third-order valence-corrected chi connectivity index (χ3v) is 2.72. The first-order valence-electron chi connectivity index (χ1n) is 6.03. The van der Waals surface area contributed by atoms with Gasteiger partial charge in [-0.25, -0.2) is 4.79 Å². The Hall–Kier alpha value is -2.37. The quantitative estimate of drug-likeness (QED) is 0.762. The van der Waals surface area contributed by atoms with Crippen molar-refractivity contribution < 1.29 is 24.2 Å². The third-order valence-electron chi connectivity index (χ3n) is 2.72. The van der Waals surface area contributed by atoms with Gasteiger partial charge in [0.1, 0.15) is 11.8 Å². The standard InChI is InChI=1S/C14H17NO5/c1-8-4-5-10(13(6-8)20-3)12(17)7-11(14(18)19)15-9(2)16/h4-6,11H,7H2,1-3H3,(H,15,16)(H,18,19). The molecule has 0 aliphatic heterocycles. The van der Waals surface area contributed by atoms with Crippen molar-refractivity contribution in [2.45, 2.75) is 26.3 Å². The molecule has 108 valence electrons. The zero-order valence-electron chi connectivity index (χ0n) is 11.6. The summed E-state index contributed by atoms with van der Waals surface area (Å²) in [6, 6.07) is 3.78. The molecule has 1 aromatic rings. The summed E-state index contributed by atoms with van der Waals surface area (Å²) in [5.74, 6) is -1.76. The van der Waals surface area contributed by atoms with E-state index in [1.165, 1.54) is 14.0 Å². The van der Waals surface area contributed by atoms with Crippen molar-refractivity contribution in [1.82, 2.24) is 5.32 Å². The molecule has 1 unspecified atom stereocenters. The number of hydrogen-bond acceptors (Lipinski definition) is 4. The molecule has 6 heteroatoms. The molecule has 0 aliphatic carbocycles. The highest BCUT2D eigenvalue weighted by molar-refractivity contribution is 6.01. The number of rotatable bonds is 6. The summed E-state index contributed by atoms with van der Waals surface area (Å²) in [7, 11) is 1.44. The molecule has 0 bridgehead atoms. The second kappa shape index (κ2) is 6.70. The largest absolute Gasteiger partial charge is 0.496 e. The normalized spacial score (nSPS) is 11.6. The van der Waals surface area contributed by atoms with Crippen molar-refractivity contribution in [2.24, 2.45) is 0 Å². The molecule has 1 amide bonds. The summed E-state index contributed by atoms with van der Waals surface area (Å²) in [6.07, 6.45) is -0.325. The second-order valence-corrected chi connectivity index (χ2v) is 4.42. The number of carboxylic acids is 1. The first-order valence-corrected chi connectivity index (χ1v) is 6.03. The fourth-order valence-corrected chi connectivity index (χ4v) is 1.77. The number of Topliss-reactive ketones (excluding diaryl/α,β-unsaturated/α-hetero) is 1. The van der Waals surface area contributed by atoms with Crippen LogP contribution in [0.15, 0.2) is 18.2 Å². The van der Waals surface area contributed by atoms with Crippen molar-refractivity contribution in [2.75, 3.05) is 7.11 Å². The summed E-state index contributed by atoms with van der Waals surface area (Å²) in [4.78, 5) is 34.1. The van der Waals surface area contributed by atoms with Crippen LogP contribution in [-0.4, -0.2) is 35.9 Å². The van der Waals surface area contributed by atoms with Crippen LogP contribution in [0.3, 0.4) is 0 Å². The molecule has 2 N–H and O–H groups in total. The second-order valence-electron chi connectivity index (χ2n) is 4.42. The molecule has 0 fully saturated rings. The van der Waals surface area contributed by atoms with Gasteiger partial charge < -0.3 is 15.2 Å². The van der Waals surface area contributed by atoms with E-state index in [2.05, 4.69) is 5.32 Å². The number of ketones is 1. The number of aliphatic carboxylic acids is 1. The van der Waals surface area contributed by atoms with Gasteiger partial charge in [-0.15, -0.1) is 0 Å². The lowest BCUT2D eigenvalue weighted by atomic mass is 10.0. The van der Waals surface area contributed by atoms with E-state index in [1.807, 2.05) is 6.92 Å². The van der Waals surface area contributed by atoms with Gasteiger partial charge in [0.05, 0.1) is 12.7 Å². The van der Waals surface area contributed by atoms with Crippen molar-refractivity contribution in [3.63, 3.8) is 0 Å². The van der Waals surface area contributed by atoms with E-state index in [9.17, 15) is 14.4 Å². The van der Waals surface area contributed by atoms with Crippen LogP contribution >= 0.6 is 0 Å². The fourth-order valence-electron chi connectivity index (χ4n) is 1.77. The number of aryl methyl sites for hydroxylation is 1. The van der Waals surface area contributed by atoms with Gasteiger partial charge in [-0.3, -0.25) is 9.59 Å². The average Bonchev–Trinajstić information content (AvgIpc) is 2.36. The molecule has 6 nitrogen and oxygen atoms in total. The molecule has 1 atom stereocenters. The Morgan fingerprint density at radius 1 is 1.35 bits per heavy atom. The van der Waals surface area contributed by atoms with Crippen LogP contribution < -0.4 is 10.1 Å². The number of hydrogen-bond donors (Lipinski definition) is 2. The summed E-state index contributed by atoms with van der Waals surface area (Å²) in [5.41, 5.74) is 1.23. The van der Waals surface area contributed by atoms with E-state index in [1.54, 1.807) is 18.2 Å². The molecule has 0 aliphatic rings. The van der Waals surface area contributed by atoms with Gasteiger partial charge in [0.2, 0.25) is 5.91 Å². The summed E-state index contributed by atoms with van der Waals surface area (Å²) >= 11 is 0. The highest BCUT2D eigenvalue weighted by Crippen LogP contribution is 2.21. The van der Waals surface area contributed by atoms with Crippen LogP contribution in [0.1, 0.15) is 29.3 Å². The predicted octanol–water partition coefficient (Wildman–Crippen LogP) is 1.17. The molecule has 0 heterocycles. The smallest absolute Gasteiger partial charge is 0.326 e. The minimum absolute atomic E-state index is 0.301. The lowest BCUT2D eigenvalue weighted by molar-refractivity contribution is -0.141. The maximum absolute atomic E-state index is 12.1. The number of carboxylic acid groups (broad SMARTS) is 1. The number of carbonyl (C=O) groups excluding carboxylic acids is 2. The lowest BCUT2D eigenvalue weighted by Crippen LogP contribution is -2.41. The Bertz CT molecular complexity index is 538. The van der Waals surface area contributed by atoms with Crippen LogP contribution in [0, 0.1) is 6.92 Å². The van der Waals surface area contributed by atoms with E-state index in [4.69, 9.17) is 9.84 Å². The number of benzene rings is 1. The number of nitrogens with one attached hydrogen (secondary N) is 1. The van der Waals surface area contributed by atoms with Gasteiger partial charge in [0, 0.05) is 13.3 Å².